The fraction of sp³-hybridized carbons (Fsp3) is 0.286. The fourth-order valence-corrected chi connectivity index (χ4v) is 0.556. The molecule has 0 heterocycles. The van der Waals surface area contributed by atoms with Gasteiger partial charge in [0.2, 0.25) is 0 Å². The Bertz CT molecular complexity index is 358. The van der Waals surface area contributed by atoms with Gasteiger partial charge in [-0.3, -0.25) is 4.90 Å². The summed E-state index contributed by atoms with van der Waals surface area (Å²) in [5, 5.41) is 42.2. The predicted octanol–water partition coefficient (Wildman–Crippen LogP) is -0.778. The summed E-state index contributed by atoms with van der Waals surface area (Å²) >= 11 is 0. The largest absolute Gasteiger partial charge is 0.310 e. The molecule has 0 amide bonds. The molecule has 7 heteroatoms. The number of hydrogen-bond donors (Lipinski definition) is 0. The third-order valence-electron chi connectivity index (χ3n) is 1.24. The minimum atomic E-state index is -2.19. The van der Waals surface area contributed by atoms with Crippen molar-refractivity contribution in [2.24, 2.45) is 0 Å². The van der Waals surface area contributed by atoms with Crippen molar-refractivity contribution in [2.45, 2.75) is 5.54 Å². The van der Waals surface area contributed by atoms with E-state index in [2.05, 4.69) is 0 Å². The van der Waals surface area contributed by atoms with E-state index in [-0.39, 0.29) is 29.6 Å². The molecule has 0 aromatic heterocycles. The van der Waals surface area contributed by atoms with Crippen molar-refractivity contribution >= 4 is 29.6 Å². The number of nitrogens with zero attached hydrogens (tertiary/aromatic N) is 6. The normalized spacial score (nSPS) is 7.36. The Morgan fingerprint density at radius 2 is 1.36 bits per heavy atom. The van der Waals surface area contributed by atoms with E-state index in [4.69, 9.17) is 26.3 Å². The van der Waals surface area contributed by atoms with Crippen LogP contribution in [0.15, 0.2) is 0 Å². The molecule has 0 saturated heterocycles. The SMILES string of the molecule is N#CCN(C#N)C(C#N)(C#N)C#N.[Na]. The molecule has 0 aliphatic carbocycles. The minimum Gasteiger partial charge on any atom is -0.252 e. The van der Waals surface area contributed by atoms with E-state index in [1.54, 1.807) is 6.07 Å². The molecule has 0 aliphatic rings. The Hall–Kier alpha value is -1.75. The Labute approximate surface area is 103 Å². The van der Waals surface area contributed by atoms with Gasteiger partial charge in [0, 0.05) is 29.6 Å². The molecule has 0 N–H and O–H groups in total. The standard InChI is InChI=1S/C7H2N6.Na/c8-1-2-13(6-12)7(3-9,4-10)5-11;/h2H2;. The summed E-state index contributed by atoms with van der Waals surface area (Å²) in [6, 6.07) is 5.72. The fourth-order valence-electron chi connectivity index (χ4n) is 0.556. The molecule has 0 aromatic carbocycles. The van der Waals surface area contributed by atoms with Gasteiger partial charge >= 0.3 is 5.54 Å². The van der Waals surface area contributed by atoms with Gasteiger partial charge in [0.05, 0.1) is 6.07 Å². The second kappa shape index (κ2) is 6.73. The van der Waals surface area contributed by atoms with E-state index < -0.39 is 12.1 Å². The number of rotatable bonds is 2. The summed E-state index contributed by atoms with van der Waals surface area (Å²) in [6.07, 6.45) is 1.44. The van der Waals surface area contributed by atoms with Crippen LogP contribution in [-0.4, -0.2) is 46.5 Å². The third-order valence-corrected chi connectivity index (χ3v) is 1.24. The van der Waals surface area contributed by atoms with Gasteiger partial charge in [-0.1, -0.05) is 0 Å². The topological polar surface area (TPSA) is 122 Å². The maximum absolute atomic E-state index is 8.51. The van der Waals surface area contributed by atoms with Crippen LogP contribution >= 0.6 is 0 Å². The van der Waals surface area contributed by atoms with Crippen molar-refractivity contribution in [1.82, 2.24) is 4.90 Å². The summed E-state index contributed by atoms with van der Waals surface area (Å²) in [5.41, 5.74) is -2.19. The number of hydrogen-bond acceptors (Lipinski definition) is 6. The van der Waals surface area contributed by atoms with Crippen molar-refractivity contribution in [3.05, 3.63) is 0 Å². The first-order valence-corrected chi connectivity index (χ1v) is 2.99. The van der Waals surface area contributed by atoms with Crippen LogP contribution in [0.5, 0.6) is 0 Å². The van der Waals surface area contributed by atoms with Gasteiger partial charge in [-0.25, -0.2) is 0 Å². The summed E-state index contributed by atoms with van der Waals surface area (Å²) in [6.45, 7) is -0.467. The third kappa shape index (κ3) is 2.63. The van der Waals surface area contributed by atoms with Crippen molar-refractivity contribution in [2.75, 3.05) is 6.54 Å². The van der Waals surface area contributed by atoms with E-state index in [1.165, 1.54) is 24.4 Å². The number of nitriles is 5. The molecule has 0 saturated carbocycles. The Morgan fingerprint density at radius 1 is 0.929 bits per heavy atom. The minimum absolute atomic E-state index is 0. The van der Waals surface area contributed by atoms with Crippen molar-refractivity contribution in [1.29, 1.82) is 26.3 Å². The van der Waals surface area contributed by atoms with Crippen LogP contribution in [0.1, 0.15) is 0 Å². The van der Waals surface area contributed by atoms with Crippen LogP contribution < -0.4 is 0 Å². The van der Waals surface area contributed by atoms with Gasteiger partial charge in [0.15, 0.2) is 6.19 Å². The van der Waals surface area contributed by atoms with Crippen LogP contribution in [0.4, 0.5) is 0 Å². The van der Waals surface area contributed by atoms with Crippen molar-refractivity contribution in [3.63, 3.8) is 0 Å². The van der Waals surface area contributed by atoms with Crippen molar-refractivity contribution < 1.29 is 0 Å². The van der Waals surface area contributed by atoms with Crippen LogP contribution in [0, 0.1) is 56.8 Å². The molecule has 0 spiro atoms. The van der Waals surface area contributed by atoms with Crippen LogP contribution in [-0.2, 0) is 0 Å². The summed E-state index contributed by atoms with van der Waals surface area (Å²) < 4.78 is 0. The van der Waals surface area contributed by atoms with Gasteiger partial charge in [0.25, 0.3) is 0 Å². The average Bonchev–Trinajstić information content (AvgIpc) is 2.19. The van der Waals surface area contributed by atoms with Crippen molar-refractivity contribution in [3.8, 4) is 30.5 Å². The van der Waals surface area contributed by atoms with Gasteiger partial charge in [-0.2, -0.15) is 26.3 Å². The maximum atomic E-state index is 8.51. The average molecular weight is 193 g/mol. The monoisotopic (exact) mass is 193 g/mol. The van der Waals surface area contributed by atoms with E-state index >= 15 is 0 Å². The maximum Gasteiger partial charge on any atom is 0.310 e. The van der Waals surface area contributed by atoms with E-state index in [0.717, 1.165) is 0 Å². The second-order valence-corrected chi connectivity index (χ2v) is 1.89. The Kier molecular flexibility index (Phi) is 7.10. The van der Waals surface area contributed by atoms with Crippen LogP contribution in [0.3, 0.4) is 0 Å². The molecular formula is C7H2N6Na. The van der Waals surface area contributed by atoms with E-state index in [9.17, 15) is 0 Å². The second-order valence-electron chi connectivity index (χ2n) is 1.89. The van der Waals surface area contributed by atoms with E-state index in [1.807, 2.05) is 0 Å². The molecule has 0 aromatic rings. The quantitative estimate of drug-likeness (QED) is 0.245. The Balaban J connectivity index is 0. The molecule has 1 radical (unpaired) electrons. The molecule has 0 fully saturated rings. The smallest absolute Gasteiger partial charge is 0.252 e. The molecule has 0 atom stereocenters. The molecule has 14 heavy (non-hydrogen) atoms. The molecule has 0 bridgehead atoms. The zero-order valence-corrected chi connectivity index (χ0v) is 9.39. The van der Waals surface area contributed by atoms with Gasteiger partial charge < -0.3 is 0 Å². The van der Waals surface area contributed by atoms with Gasteiger partial charge in [-0.15, -0.1) is 0 Å². The van der Waals surface area contributed by atoms with Crippen LogP contribution in [0.25, 0.3) is 0 Å². The first-order valence-electron chi connectivity index (χ1n) is 2.99. The molecule has 6 nitrogen and oxygen atoms in total. The summed E-state index contributed by atoms with van der Waals surface area (Å²) in [7, 11) is 0. The van der Waals surface area contributed by atoms with Crippen LogP contribution in [0.2, 0.25) is 0 Å². The zero-order chi connectivity index (χ0) is 10.3. The first kappa shape index (κ1) is 14.8. The van der Waals surface area contributed by atoms with E-state index in [0.29, 0.717) is 4.90 Å². The first-order chi connectivity index (χ1) is 6.20. The molecule has 0 rings (SSSR count). The predicted molar refractivity (Wildman–Crippen MR) is 43.3 cm³/mol. The molecule has 0 unspecified atom stereocenters. The van der Waals surface area contributed by atoms with Gasteiger partial charge in [-0.05, 0) is 0 Å². The zero-order valence-electron chi connectivity index (χ0n) is 7.39. The molecular weight excluding hydrogens is 191 g/mol. The molecule has 0 aliphatic heterocycles. The summed E-state index contributed by atoms with van der Waals surface area (Å²) in [4.78, 5) is 0.521. The molecule has 61 valence electrons. The van der Waals surface area contributed by atoms with Gasteiger partial charge in [0.1, 0.15) is 24.8 Å². The Morgan fingerprint density at radius 3 is 1.57 bits per heavy atom. The summed E-state index contributed by atoms with van der Waals surface area (Å²) in [5.74, 6) is 0.